The highest BCUT2D eigenvalue weighted by Crippen LogP contribution is 2.36. The van der Waals surface area contributed by atoms with E-state index in [-0.39, 0.29) is 11.5 Å². The van der Waals surface area contributed by atoms with Crippen molar-refractivity contribution in [2.75, 3.05) is 26.2 Å². The Morgan fingerprint density at radius 1 is 1.30 bits per heavy atom. The van der Waals surface area contributed by atoms with Crippen molar-refractivity contribution in [2.24, 2.45) is 13.0 Å². The van der Waals surface area contributed by atoms with Crippen molar-refractivity contribution < 1.29 is 13.9 Å². The lowest BCUT2D eigenvalue weighted by Crippen LogP contribution is -2.47. The lowest BCUT2D eigenvalue weighted by Gasteiger charge is -2.25. The molecule has 30 heavy (non-hydrogen) atoms. The van der Waals surface area contributed by atoms with Crippen LogP contribution in [0.25, 0.3) is 22.1 Å². The molecule has 0 aromatic carbocycles. The summed E-state index contributed by atoms with van der Waals surface area (Å²) in [6.07, 6.45) is 7.62. The quantitative estimate of drug-likeness (QED) is 0.670. The molecule has 1 aliphatic heterocycles. The zero-order valence-electron chi connectivity index (χ0n) is 16.9. The number of ether oxygens (including phenoxy) is 1. The fourth-order valence-electron chi connectivity index (χ4n) is 3.83. The summed E-state index contributed by atoms with van der Waals surface area (Å²) >= 11 is 0. The maximum atomic E-state index is 12.8. The van der Waals surface area contributed by atoms with Gasteiger partial charge in [0.25, 0.3) is 5.56 Å². The SMILES string of the molecule is Cn1cc(-c2ccncc2OCC2CC2)c2oc(CN3CCNC(=O)C3)cc2c1=O. The van der Waals surface area contributed by atoms with Gasteiger partial charge in [-0.25, -0.2) is 0 Å². The monoisotopic (exact) mass is 408 g/mol. The van der Waals surface area contributed by atoms with Gasteiger partial charge in [0.15, 0.2) is 0 Å². The van der Waals surface area contributed by atoms with Crippen molar-refractivity contribution in [1.82, 2.24) is 19.8 Å². The molecule has 8 heteroatoms. The number of fused-ring (bicyclic) bond motifs is 1. The maximum Gasteiger partial charge on any atom is 0.261 e. The van der Waals surface area contributed by atoms with Crippen LogP contribution in [0.4, 0.5) is 0 Å². The van der Waals surface area contributed by atoms with Crippen LogP contribution in [0.1, 0.15) is 18.6 Å². The molecule has 8 nitrogen and oxygen atoms in total. The number of nitrogens with one attached hydrogen (secondary N) is 1. The first-order chi connectivity index (χ1) is 14.6. The van der Waals surface area contributed by atoms with Crippen LogP contribution in [-0.2, 0) is 18.4 Å². The zero-order valence-corrected chi connectivity index (χ0v) is 16.9. The normalized spacial score (nSPS) is 17.3. The van der Waals surface area contributed by atoms with E-state index in [2.05, 4.69) is 10.3 Å². The summed E-state index contributed by atoms with van der Waals surface area (Å²) in [6, 6.07) is 3.68. The molecule has 1 saturated carbocycles. The number of amides is 1. The molecule has 5 rings (SSSR count). The van der Waals surface area contributed by atoms with Gasteiger partial charge in [-0.15, -0.1) is 0 Å². The Labute approximate surface area is 173 Å². The standard InChI is InChI=1S/C22H24N4O4/c1-25-11-18(16-4-5-23-9-19(16)29-13-14-2-3-14)21-17(22(25)28)8-15(30-21)10-26-7-6-24-20(27)12-26/h4-5,8-9,11,14H,2-3,6-7,10,12-13H2,1H3,(H,24,27). The third kappa shape index (κ3) is 3.70. The van der Waals surface area contributed by atoms with Crippen LogP contribution in [-0.4, -0.2) is 46.6 Å². The summed E-state index contributed by atoms with van der Waals surface area (Å²) in [6.45, 7) is 2.84. The molecule has 0 unspecified atom stereocenters. The second kappa shape index (κ2) is 7.60. The summed E-state index contributed by atoms with van der Waals surface area (Å²) in [5.41, 5.74) is 2.07. The van der Waals surface area contributed by atoms with Gasteiger partial charge in [0.1, 0.15) is 17.1 Å². The summed E-state index contributed by atoms with van der Waals surface area (Å²) in [5, 5.41) is 3.34. The van der Waals surface area contributed by atoms with Crippen molar-refractivity contribution in [2.45, 2.75) is 19.4 Å². The van der Waals surface area contributed by atoms with Gasteiger partial charge in [-0.2, -0.15) is 0 Å². The molecule has 2 fully saturated rings. The highest BCUT2D eigenvalue weighted by atomic mass is 16.5. The Bertz CT molecular complexity index is 1160. The van der Waals surface area contributed by atoms with Crippen molar-refractivity contribution in [3.63, 3.8) is 0 Å². The number of aromatic nitrogens is 2. The molecule has 3 aromatic rings. The lowest BCUT2D eigenvalue weighted by atomic mass is 10.1. The number of pyridine rings is 2. The first-order valence-electron chi connectivity index (χ1n) is 10.3. The van der Waals surface area contributed by atoms with Gasteiger partial charge in [0, 0.05) is 43.7 Å². The minimum Gasteiger partial charge on any atom is -0.491 e. The van der Waals surface area contributed by atoms with E-state index in [1.807, 2.05) is 11.0 Å². The van der Waals surface area contributed by atoms with Crippen LogP contribution in [0.3, 0.4) is 0 Å². The fraction of sp³-hybridized carbons (Fsp3) is 0.409. The van der Waals surface area contributed by atoms with Crippen molar-refractivity contribution >= 4 is 16.9 Å². The Morgan fingerprint density at radius 3 is 2.97 bits per heavy atom. The largest absolute Gasteiger partial charge is 0.491 e. The predicted octanol–water partition coefficient (Wildman–Crippen LogP) is 1.91. The number of hydrogen-bond donors (Lipinski definition) is 1. The molecule has 1 saturated heterocycles. The zero-order chi connectivity index (χ0) is 20.7. The number of aryl methyl sites for hydroxylation is 1. The van der Waals surface area contributed by atoms with Gasteiger partial charge >= 0.3 is 0 Å². The van der Waals surface area contributed by atoms with E-state index in [0.29, 0.717) is 54.6 Å². The third-order valence-electron chi connectivity index (χ3n) is 5.64. The number of hydrogen-bond acceptors (Lipinski definition) is 6. The molecule has 1 aliphatic carbocycles. The van der Waals surface area contributed by atoms with Crippen LogP contribution in [0.2, 0.25) is 0 Å². The molecule has 156 valence electrons. The lowest BCUT2D eigenvalue weighted by molar-refractivity contribution is -0.124. The van der Waals surface area contributed by atoms with E-state index in [1.54, 1.807) is 36.3 Å². The Balaban J connectivity index is 1.54. The number of piperazine rings is 1. The van der Waals surface area contributed by atoms with Crippen LogP contribution >= 0.6 is 0 Å². The predicted molar refractivity (Wildman–Crippen MR) is 111 cm³/mol. The summed E-state index contributed by atoms with van der Waals surface area (Å²) < 4.78 is 13.8. The van der Waals surface area contributed by atoms with E-state index in [0.717, 1.165) is 17.7 Å². The minimum absolute atomic E-state index is 0.00297. The third-order valence-corrected chi connectivity index (χ3v) is 5.64. The van der Waals surface area contributed by atoms with Crippen LogP contribution in [0.5, 0.6) is 5.75 Å². The molecule has 2 aliphatic rings. The van der Waals surface area contributed by atoms with Crippen LogP contribution in [0.15, 0.2) is 39.9 Å². The van der Waals surface area contributed by atoms with Crippen molar-refractivity contribution in [3.8, 4) is 16.9 Å². The Hall–Kier alpha value is -3.13. The van der Waals surface area contributed by atoms with Gasteiger partial charge in [-0.05, 0) is 30.9 Å². The molecule has 0 radical (unpaired) electrons. The second-order valence-electron chi connectivity index (χ2n) is 8.10. The van der Waals surface area contributed by atoms with Gasteiger partial charge in [-0.1, -0.05) is 0 Å². The molecule has 0 bridgehead atoms. The maximum absolute atomic E-state index is 12.8. The van der Waals surface area contributed by atoms with E-state index >= 15 is 0 Å². The van der Waals surface area contributed by atoms with E-state index in [9.17, 15) is 9.59 Å². The van der Waals surface area contributed by atoms with Gasteiger partial charge in [0.05, 0.1) is 31.3 Å². The van der Waals surface area contributed by atoms with Crippen LogP contribution in [0, 0.1) is 5.92 Å². The number of furan rings is 1. The topological polar surface area (TPSA) is 89.6 Å². The smallest absolute Gasteiger partial charge is 0.261 e. The fourth-order valence-corrected chi connectivity index (χ4v) is 3.83. The molecule has 1 amide bonds. The molecule has 0 spiro atoms. The van der Waals surface area contributed by atoms with Crippen molar-refractivity contribution in [3.05, 3.63) is 46.8 Å². The van der Waals surface area contributed by atoms with E-state index in [1.165, 1.54) is 12.8 Å². The highest BCUT2D eigenvalue weighted by molar-refractivity contribution is 5.93. The summed E-state index contributed by atoms with van der Waals surface area (Å²) in [4.78, 5) is 30.6. The van der Waals surface area contributed by atoms with E-state index in [4.69, 9.17) is 9.15 Å². The number of carbonyl (C=O) groups is 1. The molecule has 1 N–H and O–H groups in total. The molecule has 4 heterocycles. The number of carbonyl (C=O) groups excluding carboxylic acids is 1. The highest BCUT2D eigenvalue weighted by Gasteiger charge is 2.24. The Morgan fingerprint density at radius 2 is 2.17 bits per heavy atom. The van der Waals surface area contributed by atoms with Gasteiger partial charge in [0.2, 0.25) is 5.91 Å². The molecule has 0 atom stereocenters. The van der Waals surface area contributed by atoms with Crippen LogP contribution < -0.4 is 15.6 Å². The minimum atomic E-state index is -0.116. The number of nitrogens with zero attached hydrogens (tertiary/aromatic N) is 3. The number of rotatable bonds is 6. The molecule has 3 aromatic heterocycles. The average molecular weight is 408 g/mol. The average Bonchev–Trinajstić information content (AvgIpc) is 3.48. The van der Waals surface area contributed by atoms with Gasteiger partial charge in [-0.3, -0.25) is 19.5 Å². The molecular weight excluding hydrogens is 384 g/mol. The summed E-state index contributed by atoms with van der Waals surface area (Å²) in [7, 11) is 1.73. The summed E-state index contributed by atoms with van der Waals surface area (Å²) in [5.74, 6) is 1.98. The van der Waals surface area contributed by atoms with Crippen molar-refractivity contribution in [1.29, 1.82) is 0 Å². The van der Waals surface area contributed by atoms with Gasteiger partial charge < -0.3 is 19.0 Å². The Kier molecular flexibility index (Phi) is 4.78. The van der Waals surface area contributed by atoms with E-state index < -0.39 is 0 Å². The first kappa shape index (κ1) is 18.9. The second-order valence-corrected chi connectivity index (χ2v) is 8.10. The first-order valence-corrected chi connectivity index (χ1v) is 10.3. The molecular formula is C22H24N4O4.